The molecule has 2 heteroatoms. The number of rotatable bonds is 8. The molecular weight excluding hydrogens is 272 g/mol. The number of hydrogen-bond acceptors (Lipinski definition) is 2. The lowest BCUT2D eigenvalue weighted by molar-refractivity contribution is 0.297. The fourth-order valence-electron chi connectivity index (χ4n) is 2.56. The maximum absolute atomic E-state index is 5.74. The number of unbranched alkanes of at least 4 members (excludes halogenated alkanes) is 1. The molecular formula is C20H26O2. The van der Waals surface area contributed by atoms with Crippen molar-refractivity contribution in [2.75, 3.05) is 13.7 Å². The van der Waals surface area contributed by atoms with Crippen LogP contribution in [-0.4, -0.2) is 13.7 Å². The first-order chi connectivity index (χ1) is 10.6. The van der Waals surface area contributed by atoms with Gasteiger partial charge in [-0.2, -0.15) is 0 Å². The summed E-state index contributed by atoms with van der Waals surface area (Å²) in [4.78, 5) is 0. The number of benzene rings is 2. The molecule has 0 heterocycles. The fourth-order valence-corrected chi connectivity index (χ4v) is 2.56. The first-order valence-corrected chi connectivity index (χ1v) is 7.94. The van der Waals surface area contributed by atoms with Gasteiger partial charge in [-0.1, -0.05) is 44.2 Å². The molecule has 118 valence electrons. The van der Waals surface area contributed by atoms with Crippen LogP contribution in [0.3, 0.4) is 0 Å². The minimum absolute atomic E-state index is 0.154. The summed E-state index contributed by atoms with van der Waals surface area (Å²) in [5, 5.41) is 0. The minimum Gasteiger partial charge on any atom is -0.497 e. The van der Waals surface area contributed by atoms with E-state index in [4.69, 9.17) is 9.47 Å². The highest BCUT2D eigenvalue weighted by atomic mass is 16.5. The highest BCUT2D eigenvalue weighted by Gasteiger charge is 2.20. The Labute approximate surface area is 134 Å². The van der Waals surface area contributed by atoms with Crippen LogP contribution >= 0.6 is 0 Å². The molecule has 0 saturated carbocycles. The van der Waals surface area contributed by atoms with E-state index in [1.165, 1.54) is 5.56 Å². The average Bonchev–Trinajstić information content (AvgIpc) is 2.55. The van der Waals surface area contributed by atoms with Crippen LogP contribution in [0.5, 0.6) is 11.5 Å². The van der Waals surface area contributed by atoms with E-state index in [1.807, 2.05) is 36.4 Å². The molecule has 0 radical (unpaired) electrons. The highest BCUT2D eigenvalue weighted by molar-refractivity contribution is 5.33. The zero-order valence-electron chi connectivity index (χ0n) is 13.8. The topological polar surface area (TPSA) is 18.5 Å². The Kier molecular flexibility index (Phi) is 5.88. The van der Waals surface area contributed by atoms with E-state index in [0.29, 0.717) is 0 Å². The van der Waals surface area contributed by atoms with Crippen molar-refractivity contribution >= 4 is 0 Å². The Bertz CT molecular complexity index is 561. The van der Waals surface area contributed by atoms with Gasteiger partial charge in [-0.05, 0) is 54.5 Å². The highest BCUT2D eigenvalue weighted by Crippen LogP contribution is 2.31. The first kappa shape index (κ1) is 16.4. The van der Waals surface area contributed by atoms with E-state index < -0.39 is 0 Å². The molecule has 0 spiro atoms. The quantitative estimate of drug-likeness (QED) is 0.622. The summed E-state index contributed by atoms with van der Waals surface area (Å²) >= 11 is 0. The molecule has 22 heavy (non-hydrogen) atoms. The van der Waals surface area contributed by atoms with Crippen LogP contribution in [0.2, 0.25) is 0 Å². The summed E-state index contributed by atoms with van der Waals surface area (Å²) in [5.74, 6) is 1.88. The Morgan fingerprint density at radius 3 is 2.32 bits per heavy atom. The van der Waals surface area contributed by atoms with Crippen molar-refractivity contribution in [3.63, 3.8) is 0 Å². The van der Waals surface area contributed by atoms with Gasteiger partial charge < -0.3 is 9.47 Å². The second-order valence-electron chi connectivity index (χ2n) is 6.23. The third-order valence-corrected chi connectivity index (χ3v) is 4.06. The summed E-state index contributed by atoms with van der Waals surface area (Å²) in [5.41, 5.74) is 1.48. The largest absolute Gasteiger partial charge is 0.497 e. The molecule has 0 atom stereocenters. The number of ether oxygens (including phenoxy) is 2. The van der Waals surface area contributed by atoms with E-state index in [0.717, 1.165) is 37.4 Å². The summed E-state index contributed by atoms with van der Waals surface area (Å²) < 4.78 is 11.1. The second kappa shape index (κ2) is 7.88. The molecule has 0 unspecified atom stereocenters. The Balaban J connectivity index is 1.77. The smallest absolute Gasteiger partial charge is 0.119 e. The number of para-hydroxylation sites is 1. The lowest BCUT2D eigenvalue weighted by Crippen LogP contribution is -2.17. The van der Waals surface area contributed by atoms with Crippen molar-refractivity contribution in [2.45, 2.75) is 38.5 Å². The summed E-state index contributed by atoms with van der Waals surface area (Å²) in [7, 11) is 1.72. The molecule has 0 aromatic heterocycles. The monoisotopic (exact) mass is 298 g/mol. The molecule has 2 aromatic rings. The lowest BCUT2D eigenvalue weighted by Gasteiger charge is -2.25. The van der Waals surface area contributed by atoms with Crippen molar-refractivity contribution in [2.24, 2.45) is 0 Å². The van der Waals surface area contributed by atoms with Gasteiger partial charge in [0.2, 0.25) is 0 Å². The molecule has 0 fully saturated rings. The van der Waals surface area contributed by atoms with Crippen molar-refractivity contribution in [1.29, 1.82) is 0 Å². The Morgan fingerprint density at radius 2 is 1.59 bits per heavy atom. The van der Waals surface area contributed by atoms with Gasteiger partial charge in [0.1, 0.15) is 11.5 Å². The molecule has 0 amide bonds. The predicted octanol–water partition coefficient (Wildman–Crippen LogP) is 5.22. The van der Waals surface area contributed by atoms with Crippen LogP contribution in [0.15, 0.2) is 54.6 Å². The average molecular weight is 298 g/mol. The summed E-state index contributed by atoms with van der Waals surface area (Å²) in [6, 6.07) is 18.4. The van der Waals surface area contributed by atoms with Gasteiger partial charge in [-0.3, -0.25) is 0 Å². The van der Waals surface area contributed by atoms with E-state index in [1.54, 1.807) is 7.11 Å². The van der Waals surface area contributed by atoms with E-state index in [2.05, 4.69) is 32.0 Å². The lowest BCUT2D eigenvalue weighted by atomic mass is 9.80. The van der Waals surface area contributed by atoms with Crippen molar-refractivity contribution < 1.29 is 9.47 Å². The van der Waals surface area contributed by atoms with Crippen LogP contribution in [-0.2, 0) is 5.41 Å². The Morgan fingerprint density at radius 1 is 0.864 bits per heavy atom. The fraction of sp³-hybridized carbons (Fsp3) is 0.400. The number of hydrogen-bond donors (Lipinski definition) is 0. The van der Waals surface area contributed by atoms with Crippen molar-refractivity contribution in [3.8, 4) is 11.5 Å². The van der Waals surface area contributed by atoms with Crippen LogP contribution in [0.1, 0.15) is 38.7 Å². The SMILES string of the molecule is COc1cccc(C(C)(C)CCCCOc2ccccc2)c1. The maximum atomic E-state index is 5.74. The predicted molar refractivity (Wildman–Crippen MR) is 91.8 cm³/mol. The molecule has 2 nitrogen and oxygen atoms in total. The Hall–Kier alpha value is -1.96. The molecule has 0 aliphatic heterocycles. The second-order valence-corrected chi connectivity index (χ2v) is 6.23. The molecule has 2 aromatic carbocycles. The van der Waals surface area contributed by atoms with Gasteiger partial charge in [0, 0.05) is 0 Å². The van der Waals surface area contributed by atoms with Crippen LogP contribution in [0, 0.1) is 0 Å². The maximum Gasteiger partial charge on any atom is 0.119 e. The van der Waals surface area contributed by atoms with Crippen molar-refractivity contribution in [3.05, 3.63) is 60.2 Å². The standard InChI is InChI=1S/C20H26O2/c1-20(2,17-10-9-13-19(16-17)21-3)14-7-8-15-22-18-11-5-4-6-12-18/h4-6,9-13,16H,7-8,14-15H2,1-3H3. The molecule has 0 saturated heterocycles. The summed E-state index contributed by atoms with van der Waals surface area (Å²) in [6.07, 6.45) is 3.36. The van der Waals surface area contributed by atoms with Gasteiger partial charge in [0.15, 0.2) is 0 Å². The van der Waals surface area contributed by atoms with Crippen LogP contribution in [0.4, 0.5) is 0 Å². The van der Waals surface area contributed by atoms with Gasteiger partial charge >= 0.3 is 0 Å². The third-order valence-electron chi connectivity index (χ3n) is 4.06. The molecule has 0 aliphatic carbocycles. The number of methoxy groups -OCH3 is 1. The van der Waals surface area contributed by atoms with Crippen LogP contribution < -0.4 is 9.47 Å². The van der Waals surface area contributed by atoms with Crippen LogP contribution in [0.25, 0.3) is 0 Å². The normalized spacial score (nSPS) is 11.2. The van der Waals surface area contributed by atoms with Gasteiger partial charge in [0.25, 0.3) is 0 Å². The molecule has 0 N–H and O–H groups in total. The summed E-state index contributed by atoms with van der Waals surface area (Å²) in [6.45, 7) is 5.36. The minimum atomic E-state index is 0.154. The van der Waals surface area contributed by atoms with Gasteiger partial charge in [-0.15, -0.1) is 0 Å². The van der Waals surface area contributed by atoms with Crippen molar-refractivity contribution in [1.82, 2.24) is 0 Å². The zero-order chi connectivity index (χ0) is 15.8. The molecule has 0 aliphatic rings. The third kappa shape index (κ3) is 4.80. The first-order valence-electron chi connectivity index (χ1n) is 7.94. The molecule has 2 rings (SSSR count). The van der Waals surface area contributed by atoms with Gasteiger partial charge in [0.05, 0.1) is 13.7 Å². The molecule has 0 bridgehead atoms. The van der Waals surface area contributed by atoms with E-state index in [-0.39, 0.29) is 5.41 Å². The zero-order valence-corrected chi connectivity index (χ0v) is 13.8. The van der Waals surface area contributed by atoms with E-state index >= 15 is 0 Å². The van der Waals surface area contributed by atoms with E-state index in [9.17, 15) is 0 Å². The van der Waals surface area contributed by atoms with Gasteiger partial charge in [-0.25, -0.2) is 0 Å².